The minimum Gasteiger partial charge on any atom is -0.391 e. The molecule has 0 saturated heterocycles. The molecular formula is C24H40N2. The van der Waals surface area contributed by atoms with Gasteiger partial charge in [-0.05, 0) is 56.6 Å². The Kier molecular flexibility index (Phi) is 9.54. The zero-order valence-corrected chi connectivity index (χ0v) is 17.8. The molecule has 0 aromatic heterocycles. The average molecular weight is 357 g/mol. The number of nitrogens with one attached hydrogen (secondary N) is 2. The van der Waals surface area contributed by atoms with Crippen molar-refractivity contribution in [2.24, 2.45) is 11.3 Å². The maximum absolute atomic E-state index is 4.28. The smallest absolute Gasteiger partial charge is 0.0297 e. The fourth-order valence-corrected chi connectivity index (χ4v) is 3.85. The van der Waals surface area contributed by atoms with Crippen molar-refractivity contribution >= 4 is 0 Å². The summed E-state index contributed by atoms with van der Waals surface area (Å²) in [5.74, 6) is 0.601. The van der Waals surface area contributed by atoms with Gasteiger partial charge in [0.25, 0.3) is 0 Å². The van der Waals surface area contributed by atoms with Gasteiger partial charge in [0, 0.05) is 31.4 Å². The lowest BCUT2D eigenvalue weighted by Gasteiger charge is -2.42. The van der Waals surface area contributed by atoms with Crippen LogP contribution in [0.3, 0.4) is 0 Å². The molecule has 2 heteroatoms. The molecule has 0 aromatic carbocycles. The highest BCUT2D eigenvalue weighted by molar-refractivity contribution is 5.30. The molecule has 2 N–H and O–H groups in total. The third kappa shape index (κ3) is 6.90. The van der Waals surface area contributed by atoms with Crippen molar-refractivity contribution in [2.75, 3.05) is 13.6 Å². The predicted molar refractivity (Wildman–Crippen MR) is 117 cm³/mol. The Bertz CT molecular complexity index is 557. The molecule has 1 fully saturated rings. The summed E-state index contributed by atoms with van der Waals surface area (Å²) in [7, 11) is 1.96. The van der Waals surface area contributed by atoms with Crippen molar-refractivity contribution in [2.45, 2.75) is 66.2 Å². The van der Waals surface area contributed by atoms with E-state index in [1.54, 1.807) is 0 Å². The average Bonchev–Trinajstić information content (AvgIpc) is 2.63. The van der Waals surface area contributed by atoms with E-state index in [1.165, 1.54) is 43.4 Å². The van der Waals surface area contributed by atoms with Crippen molar-refractivity contribution in [3.05, 3.63) is 60.0 Å². The van der Waals surface area contributed by atoms with E-state index < -0.39 is 0 Å². The summed E-state index contributed by atoms with van der Waals surface area (Å²) in [6, 6.07) is 0. The maximum atomic E-state index is 4.28. The van der Waals surface area contributed by atoms with E-state index in [9.17, 15) is 0 Å². The van der Waals surface area contributed by atoms with Crippen molar-refractivity contribution in [3.8, 4) is 0 Å². The van der Waals surface area contributed by atoms with Crippen LogP contribution >= 0.6 is 0 Å². The number of rotatable bonds is 10. The normalized spacial score (nSPS) is 19.3. The summed E-state index contributed by atoms with van der Waals surface area (Å²) < 4.78 is 0. The summed E-state index contributed by atoms with van der Waals surface area (Å²) in [6.07, 6.45) is 16.4. The van der Waals surface area contributed by atoms with Crippen LogP contribution in [-0.4, -0.2) is 13.6 Å². The van der Waals surface area contributed by atoms with Gasteiger partial charge in [0.15, 0.2) is 0 Å². The van der Waals surface area contributed by atoms with Crippen LogP contribution in [0.25, 0.3) is 0 Å². The molecule has 0 spiro atoms. The highest BCUT2D eigenvalue weighted by atomic mass is 14.9. The standard InChI is InChI=1S/C24H40N2/c1-8-12-21(5)24(15-10-9-11-16-24)18-26-22(6)20(4)13-14-23(25-7)17-19(2)3/h8,12-14,21,25-26H,2,6,9-11,15-18H2,1,3-5,7H3/b12-8-,20-13+,23-14+. The Morgan fingerprint density at radius 2 is 1.77 bits per heavy atom. The van der Waals surface area contributed by atoms with Crippen molar-refractivity contribution in [1.82, 2.24) is 10.6 Å². The molecule has 0 bridgehead atoms. The molecule has 1 aliphatic rings. The van der Waals surface area contributed by atoms with Gasteiger partial charge < -0.3 is 10.6 Å². The van der Waals surface area contributed by atoms with Crippen LogP contribution in [0.4, 0.5) is 0 Å². The number of allylic oxidation sites excluding steroid dienone is 6. The van der Waals surface area contributed by atoms with Gasteiger partial charge in [-0.3, -0.25) is 0 Å². The van der Waals surface area contributed by atoms with Gasteiger partial charge in [-0.1, -0.05) is 63.1 Å². The first-order chi connectivity index (χ1) is 12.3. The first kappa shape index (κ1) is 22.3. The van der Waals surface area contributed by atoms with Gasteiger partial charge >= 0.3 is 0 Å². The molecular weight excluding hydrogens is 316 g/mol. The summed E-state index contributed by atoms with van der Waals surface area (Å²) in [6.45, 7) is 18.0. The van der Waals surface area contributed by atoms with Gasteiger partial charge in [-0.25, -0.2) is 0 Å². The zero-order valence-electron chi connectivity index (χ0n) is 17.8. The van der Waals surface area contributed by atoms with Gasteiger partial charge in [0.05, 0.1) is 0 Å². The number of hydrogen-bond donors (Lipinski definition) is 2. The van der Waals surface area contributed by atoms with Crippen LogP contribution < -0.4 is 10.6 Å². The highest BCUT2D eigenvalue weighted by Crippen LogP contribution is 2.43. The molecule has 0 aliphatic heterocycles. The SMILES string of the molecule is C=C(C)C/C(=C\C=C(/C)C(=C)NCC1(C(C)/C=C\C)CCCCC1)NC. The van der Waals surface area contributed by atoms with Gasteiger partial charge in [0.1, 0.15) is 0 Å². The topological polar surface area (TPSA) is 24.1 Å². The molecule has 0 aromatic rings. The lowest BCUT2D eigenvalue weighted by Crippen LogP contribution is -2.40. The van der Waals surface area contributed by atoms with Crippen LogP contribution in [0.1, 0.15) is 66.2 Å². The van der Waals surface area contributed by atoms with E-state index in [0.717, 1.165) is 24.2 Å². The van der Waals surface area contributed by atoms with Crippen molar-refractivity contribution < 1.29 is 0 Å². The van der Waals surface area contributed by atoms with Gasteiger partial charge in [-0.15, -0.1) is 0 Å². The van der Waals surface area contributed by atoms with E-state index >= 15 is 0 Å². The molecule has 2 nitrogen and oxygen atoms in total. The third-order valence-electron chi connectivity index (χ3n) is 5.77. The monoisotopic (exact) mass is 356 g/mol. The molecule has 26 heavy (non-hydrogen) atoms. The van der Waals surface area contributed by atoms with Crippen LogP contribution in [0.15, 0.2) is 60.0 Å². The van der Waals surface area contributed by atoms with Crippen molar-refractivity contribution in [1.29, 1.82) is 0 Å². The second-order valence-electron chi connectivity index (χ2n) is 8.00. The Balaban J connectivity index is 2.76. The van der Waals surface area contributed by atoms with Crippen LogP contribution in [0.2, 0.25) is 0 Å². The van der Waals surface area contributed by atoms with Gasteiger partial charge in [0.2, 0.25) is 0 Å². The zero-order chi connectivity index (χ0) is 19.6. The summed E-state index contributed by atoms with van der Waals surface area (Å²) in [5.41, 5.74) is 4.91. The first-order valence-corrected chi connectivity index (χ1v) is 10.1. The second-order valence-corrected chi connectivity index (χ2v) is 8.00. The minimum atomic E-state index is 0.361. The minimum absolute atomic E-state index is 0.361. The molecule has 1 unspecified atom stereocenters. The second kappa shape index (κ2) is 11.1. The molecule has 0 heterocycles. The highest BCUT2D eigenvalue weighted by Gasteiger charge is 2.35. The van der Waals surface area contributed by atoms with Crippen LogP contribution in [0, 0.1) is 11.3 Å². The predicted octanol–water partition coefficient (Wildman–Crippen LogP) is 6.27. The lowest BCUT2D eigenvalue weighted by atomic mass is 9.66. The Morgan fingerprint density at radius 3 is 2.31 bits per heavy atom. The first-order valence-electron chi connectivity index (χ1n) is 10.1. The molecule has 1 aliphatic carbocycles. The molecule has 0 amide bonds. The van der Waals surface area contributed by atoms with Crippen LogP contribution in [-0.2, 0) is 0 Å². The van der Waals surface area contributed by atoms with E-state index in [0.29, 0.717) is 11.3 Å². The summed E-state index contributed by atoms with van der Waals surface area (Å²) in [5, 5.41) is 6.90. The quantitative estimate of drug-likeness (QED) is 0.356. The van der Waals surface area contributed by atoms with Gasteiger partial charge in [-0.2, -0.15) is 0 Å². The van der Waals surface area contributed by atoms with E-state index in [1.807, 2.05) is 7.05 Å². The van der Waals surface area contributed by atoms with Crippen LogP contribution in [0.5, 0.6) is 0 Å². The van der Waals surface area contributed by atoms with E-state index in [2.05, 4.69) is 75.8 Å². The fraction of sp³-hybridized carbons (Fsp3) is 0.583. The fourth-order valence-electron chi connectivity index (χ4n) is 3.85. The summed E-state index contributed by atoms with van der Waals surface area (Å²) in [4.78, 5) is 0. The molecule has 1 atom stereocenters. The lowest BCUT2D eigenvalue weighted by molar-refractivity contribution is 0.135. The van der Waals surface area contributed by atoms with Crippen molar-refractivity contribution in [3.63, 3.8) is 0 Å². The largest absolute Gasteiger partial charge is 0.391 e. The molecule has 0 radical (unpaired) electrons. The van der Waals surface area contributed by atoms with E-state index in [-0.39, 0.29) is 0 Å². The Hall–Kier alpha value is -1.70. The van der Waals surface area contributed by atoms with E-state index in [4.69, 9.17) is 0 Å². The maximum Gasteiger partial charge on any atom is 0.0297 e. The molecule has 1 rings (SSSR count). The summed E-state index contributed by atoms with van der Waals surface area (Å²) >= 11 is 0. The Morgan fingerprint density at radius 1 is 1.12 bits per heavy atom. The Labute approximate surface area is 162 Å². The molecule has 146 valence electrons. The molecule has 1 saturated carbocycles. The third-order valence-corrected chi connectivity index (χ3v) is 5.77. The number of hydrogen-bond acceptors (Lipinski definition) is 2.